The van der Waals surface area contributed by atoms with E-state index < -0.39 is 0 Å². The summed E-state index contributed by atoms with van der Waals surface area (Å²) in [5.74, 6) is 1.27. The Labute approximate surface area is 96.7 Å². The maximum atomic E-state index is 3.36. The van der Waals surface area contributed by atoms with Crippen molar-refractivity contribution in [2.24, 2.45) is 0 Å². The van der Waals surface area contributed by atoms with Gasteiger partial charge in [0, 0.05) is 16.7 Å². The van der Waals surface area contributed by atoms with Crippen LogP contribution in [0.1, 0.15) is 24.5 Å². The largest absolute Gasteiger partial charge is 0.317 e. The Kier molecular flexibility index (Phi) is 3.71. The van der Waals surface area contributed by atoms with Crippen molar-refractivity contribution in [2.75, 3.05) is 12.8 Å². The van der Waals surface area contributed by atoms with Gasteiger partial charge in [-0.1, -0.05) is 19.1 Å². The molecule has 2 rings (SSSR count). The van der Waals surface area contributed by atoms with Gasteiger partial charge in [-0.05, 0) is 43.5 Å². The zero-order chi connectivity index (χ0) is 10.7. The Bertz CT molecular complexity index is 331. The number of hydrogen-bond donors (Lipinski definition) is 1. The van der Waals surface area contributed by atoms with Crippen LogP contribution in [0.5, 0.6) is 0 Å². The standard InChI is InChI=1S/C13H19NS/c1-3-12(14-2)9-10-4-5-13-11(8-10)6-7-15-13/h4-5,8,12,14H,3,6-7,9H2,1-2H3. The topological polar surface area (TPSA) is 12.0 Å². The van der Waals surface area contributed by atoms with Crippen LogP contribution in [-0.2, 0) is 12.8 Å². The predicted octanol–water partition coefficient (Wildman–Crippen LogP) is 2.88. The summed E-state index contributed by atoms with van der Waals surface area (Å²) in [7, 11) is 2.05. The maximum Gasteiger partial charge on any atom is 0.0105 e. The molecule has 1 aromatic rings. The minimum atomic E-state index is 0.622. The predicted molar refractivity (Wildman–Crippen MR) is 67.7 cm³/mol. The molecule has 0 aliphatic carbocycles. The molecule has 1 N–H and O–H groups in total. The Morgan fingerprint density at radius 3 is 3.07 bits per heavy atom. The molecule has 0 amide bonds. The van der Waals surface area contributed by atoms with E-state index in [1.54, 1.807) is 5.56 Å². The molecule has 0 aromatic heterocycles. The summed E-state index contributed by atoms with van der Waals surface area (Å²) >= 11 is 1.99. The first kappa shape index (κ1) is 11.0. The Morgan fingerprint density at radius 2 is 2.33 bits per heavy atom. The van der Waals surface area contributed by atoms with E-state index in [1.165, 1.54) is 29.1 Å². The zero-order valence-corrected chi connectivity index (χ0v) is 10.4. The normalized spacial score (nSPS) is 16.4. The van der Waals surface area contributed by atoms with Crippen LogP contribution in [-0.4, -0.2) is 18.8 Å². The van der Waals surface area contributed by atoms with Gasteiger partial charge in [0.25, 0.3) is 0 Å². The molecular weight excluding hydrogens is 202 g/mol. The summed E-state index contributed by atoms with van der Waals surface area (Å²) in [6.45, 7) is 2.24. The third-order valence-corrected chi connectivity index (χ3v) is 4.25. The van der Waals surface area contributed by atoms with E-state index in [9.17, 15) is 0 Å². The SMILES string of the molecule is CCC(Cc1ccc2c(c1)CCS2)NC. The van der Waals surface area contributed by atoms with Gasteiger partial charge in [-0.25, -0.2) is 0 Å². The summed E-state index contributed by atoms with van der Waals surface area (Å²) < 4.78 is 0. The summed E-state index contributed by atoms with van der Waals surface area (Å²) in [5, 5.41) is 3.36. The molecule has 15 heavy (non-hydrogen) atoms. The Morgan fingerprint density at radius 1 is 1.47 bits per heavy atom. The molecule has 82 valence electrons. The molecule has 1 unspecified atom stereocenters. The van der Waals surface area contributed by atoms with Crippen LogP contribution in [0.25, 0.3) is 0 Å². The van der Waals surface area contributed by atoms with E-state index in [4.69, 9.17) is 0 Å². The fourth-order valence-electron chi connectivity index (χ4n) is 2.10. The van der Waals surface area contributed by atoms with Crippen molar-refractivity contribution >= 4 is 11.8 Å². The van der Waals surface area contributed by atoms with Crippen LogP contribution in [0, 0.1) is 0 Å². The van der Waals surface area contributed by atoms with Crippen LogP contribution in [0.4, 0.5) is 0 Å². The molecule has 1 heterocycles. The molecule has 0 saturated carbocycles. The highest BCUT2D eigenvalue weighted by Gasteiger charge is 2.12. The highest BCUT2D eigenvalue weighted by molar-refractivity contribution is 7.99. The average Bonchev–Trinajstić information content (AvgIpc) is 2.73. The fourth-order valence-corrected chi connectivity index (χ4v) is 3.15. The second kappa shape index (κ2) is 5.04. The van der Waals surface area contributed by atoms with E-state index in [0.717, 1.165) is 6.42 Å². The molecule has 0 radical (unpaired) electrons. The van der Waals surface area contributed by atoms with Gasteiger partial charge in [0.2, 0.25) is 0 Å². The molecule has 0 fully saturated rings. The lowest BCUT2D eigenvalue weighted by atomic mass is 10.0. The van der Waals surface area contributed by atoms with Gasteiger partial charge in [-0.15, -0.1) is 11.8 Å². The van der Waals surface area contributed by atoms with Crippen LogP contribution >= 0.6 is 11.8 Å². The molecule has 2 heteroatoms. The van der Waals surface area contributed by atoms with Gasteiger partial charge in [0.1, 0.15) is 0 Å². The Hall–Kier alpha value is -0.470. The van der Waals surface area contributed by atoms with Crippen molar-refractivity contribution in [1.29, 1.82) is 0 Å². The molecule has 0 saturated heterocycles. The maximum absolute atomic E-state index is 3.36. The molecule has 1 aliphatic heterocycles. The van der Waals surface area contributed by atoms with E-state index in [-0.39, 0.29) is 0 Å². The summed E-state index contributed by atoms with van der Waals surface area (Å²) in [4.78, 5) is 1.50. The smallest absolute Gasteiger partial charge is 0.0105 e. The van der Waals surface area contributed by atoms with E-state index in [1.807, 2.05) is 11.8 Å². The van der Waals surface area contributed by atoms with Gasteiger partial charge in [-0.3, -0.25) is 0 Å². The van der Waals surface area contributed by atoms with Crippen LogP contribution in [0.15, 0.2) is 23.1 Å². The monoisotopic (exact) mass is 221 g/mol. The number of fused-ring (bicyclic) bond motifs is 1. The summed E-state index contributed by atoms with van der Waals surface area (Å²) in [6, 6.07) is 7.61. The van der Waals surface area contributed by atoms with Crippen LogP contribution < -0.4 is 5.32 Å². The second-order valence-corrected chi connectivity index (χ2v) is 5.28. The lowest BCUT2D eigenvalue weighted by Gasteiger charge is -2.14. The van der Waals surface area contributed by atoms with Crippen molar-refractivity contribution in [1.82, 2.24) is 5.32 Å². The van der Waals surface area contributed by atoms with Crippen molar-refractivity contribution in [3.8, 4) is 0 Å². The van der Waals surface area contributed by atoms with Gasteiger partial charge >= 0.3 is 0 Å². The number of benzene rings is 1. The first-order valence-corrected chi connectivity index (χ1v) is 6.74. The van der Waals surface area contributed by atoms with E-state index in [2.05, 4.69) is 37.5 Å². The third kappa shape index (κ3) is 2.56. The number of hydrogen-bond acceptors (Lipinski definition) is 2. The number of nitrogens with one attached hydrogen (secondary N) is 1. The summed E-state index contributed by atoms with van der Waals surface area (Å²) in [6.07, 6.45) is 3.61. The highest BCUT2D eigenvalue weighted by Crippen LogP contribution is 2.31. The zero-order valence-electron chi connectivity index (χ0n) is 9.55. The first-order valence-electron chi connectivity index (χ1n) is 5.75. The van der Waals surface area contributed by atoms with Crippen LogP contribution in [0.3, 0.4) is 0 Å². The number of likely N-dealkylation sites (N-methyl/N-ethyl adjacent to an activating group) is 1. The van der Waals surface area contributed by atoms with Crippen molar-refractivity contribution in [3.63, 3.8) is 0 Å². The van der Waals surface area contributed by atoms with Crippen molar-refractivity contribution < 1.29 is 0 Å². The van der Waals surface area contributed by atoms with Gasteiger partial charge in [0.05, 0.1) is 0 Å². The van der Waals surface area contributed by atoms with E-state index in [0.29, 0.717) is 6.04 Å². The molecule has 1 nitrogen and oxygen atoms in total. The van der Waals surface area contributed by atoms with Gasteiger partial charge in [-0.2, -0.15) is 0 Å². The molecule has 0 spiro atoms. The number of aryl methyl sites for hydroxylation is 1. The fraction of sp³-hybridized carbons (Fsp3) is 0.538. The number of rotatable bonds is 4. The molecule has 1 aliphatic rings. The quantitative estimate of drug-likeness (QED) is 0.839. The van der Waals surface area contributed by atoms with Crippen LogP contribution in [0.2, 0.25) is 0 Å². The molecule has 1 atom stereocenters. The first-order chi connectivity index (χ1) is 7.33. The van der Waals surface area contributed by atoms with Crippen molar-refractivity contribution in [2.45, 2.75) is 37.1 Å². The minimum Gasteiger partial charge on any atom is -0.317 e. The minimum absolute atomic E-state index is 0.622. The molecular formula is C13H19NS. The molecule has 1 aromatic carbocycles. The second-order valence-electron chi connectivity index (χ2n) is 4.14. The van der Waals surface area contributed by atoms with Gasteiger partial charge in [0.15, 0.2) is 0 Å². The lowest BCUT2D eigenvalue weighted by molar-refractivity contribution is 0.543. The van der Waals surface area contributed by atoms with Crippen molar-refractivity contribution in [3.05, 3.63) is 29.3 Å². The third-order valence-electron chi connectivity index (χ3n) is 3.14. The van der Waals surface area contributed by atoms with Gasteiger partial charge < -0.3 is 5.32 Å². The average molecular weight is 221 g/mol. The lowest BCUT2D eigenvalue weighted by Crippen LogP contribution is -2.26. The number of thioether (sulfide) groups is 1. The summed E-state index contributed by atoms with van der Waals surface area (Å²) in [5.41, 5.74) is 3.04. The Balaban J connectivity index is 2.09. The molecule has 0 bridgehead atoms. The van der Waals surface area contributed by atoms with E-state index >= 15 is 0 Å². The highest BCUT2D eigenvalue weighted by atomic mass is 32.2.